The molecule has 0 spiro atoms. The smallest absolute Gasteiger partial charge is 0.0737 e. The van der Waals surface area contributed by atoms with E-state index in [-0.39, 0.29) is 0 Å². The maximum absolute atomic E-state index is 5.97. The molecular weight excluding hydrogens is 246 g/mol. The summed E-state index contributed by atoms with van der Waals surface area (Å²) >= 11 is 5.97. The fourth-order valence-electron chi connectivity index (χ4n) is 1.84. The molecule has 2 atom stereocenters. The monoisotopic (exact) mass is 263 g/mol. The largest absolute Gasteiger partial charge is 0.382 e. The van der Waals surface area contributed by atoms with Crippen LogP contribution in [0.15, 0.2) is 30.5 Å². The Labute approximate surface area is 112 Å². The Kier molecular flexibility index (Phi) is 4.04. The second kappa shape index (κ2) is 5.55. The maximum atomic E-state index is 5.97. The van der Waals surface area contributed by atoms with E-state index >= 15 is 0 Å². The van der Waals surface area contributed by atoms with E-state index in [9.17, 15) is 0 Å². The molecular formula is C14H18ClN3. The van der Waals surface area contributed by atoms with Gasteiger partial charge in [0.2, 0.25) is 0 Å². The van der Waals surface area contributed by atoms with Crippen molar-refractivity contribution in [3.63, 3.8) is 0 Å². The highest BCUT2D eigenvalue weighted by atomic mass is 35.5. The first-order chi connectivity index (χ1) is 8.61. The summed E-state index contributed by atoms with van der Waals surface area (Å²) in [6.45, 7) is 4.95. The van der Waals surface area contributed by atoms with Crippen LogP contribution in [0.5, 0.6) is 0 Å². The average molecular weight is 264 g/mol. The minimum Gasteiger partial charge on any atom is -0.382 e. The van der Waals surface area contributed by atoms with Gasteiger partial charge >= 0.3 is 0 Å². The summed E-state index contributed by atoms with van der Waals surface area (Å²) in [4.78, 5) is 4.33. The van der Waals surface area contributed by atoms with Gasteiger partial charge in [-0.3, -0.25) is 4.98 Å². The van der Waals surface area contributed by atoms with Crippen molar-refractivity contribution in [3.05, 3.63) is 35.5 Å². The minimum atomic E-state index is 0.316. The summed E-state index contributed by atoms with van der Waals surface area (Å²) in [5.41, 5.74) is 7.67. The van der Waals surface area contributed by atoms with E-state index in [1.165, 1.54) is 0 Å². The minimum absolute atomic E-state index is 0.316. The van der Waals surface area contributed by atoms with Crippen LogP contribution in [-0.4, -0.2) is 17.6 Å². The van der Waals surface area contributed by atoms with Crippen molar-refractivity contribution in [1.82, 2.24) is 4.98 Å². The van der Waals surface area contributed by atoms with Crippen LogP contribution >= 0.6 is 11.6 Å². The van der Waals surface area contributed by atoms with E-state index in [1.807, 2.05) is 24.3 Å². The molecule has 18 heavy (non-hydrogen) atoms. The number of halogens is 1. The molecule has 4 heteroatoms. The number of benzene rings is 1. The zero-order valence-electron chi connectivity index (χ0n) is 10.7. The summed E-state index contributed by atoms with van der Waals surface area (Å²) in [6, 6.07) is 8.05. The van der Waals surface area contributed by atoms with Crippen molar-refractivity contribution >= 4 is 28.2 Å². The summed E-state index contributed by atoms with van der Waals surface area (Å²) < 4.78 is 0. The van der Waals surface area contributed by atoms with Crippen LogP contribution < -0.4 is 11.1 Å². The number of nitrogens with one attached hydrogen (secondary N) is 1. The molecule has 0 aliphatic heterocycles. The molecule has 3 nitrogen and oxygen atoms in total. The van der Waals surface area contributed by atoms with Gasteiger partial charge in [-0.05, 0) is 43.7 Å². The molecule has 0 saturated carbocycles. The van der Waals surface area contributed by atoms with Crippen LogP contribution in [0.1, 0.15) is 13.8 Å². The van der Waals surface area contributed by atoms with Crippen molar-refractivity contribution in [1.29, 1.82) is 0 Å². The Morgan fingerprint density at radius 2 is 2.11 bits per heavy atom. The number of anilines is 1. The van der Waals surface area contributed by atoms with Gasteiger partial charge in [0.1, 0.15) is 0 Å². The lowest BCUT2D eigenvalue weighted by atomic mass is 10.0. The van der Waals surface area contributed by atoms with Gasteiger partial charge in [-0.25, -0.2) is 0 Å². The van der Waals surface area contributed by atoms with E-state index in [4.69, 9.17) is 17.3 Å². The van der Waals surface area contributed by atoms with Gasteiger partial charge in [0.25, 0.3) is 0 Å². The zero-order valence-corrected chi connectivity index (χ0v) is 11.4. The fourth-order valence-corrected chi connectivity index (χ4v) is 2.01. The van der Waals surface area contributed by atoms with Crippen molar-refractivity contribution in [2.45, 2.75) is 19.9 Å². The van der Waals surface area contributed by atoms with Gasteiger partial charge in [-0.15, -0.1) is 0 Å². The summed E-state index contributed by atoms with van der Waals surface area (Å²) in [5.74, 6) is 0.417. The second-order valence-electron chi connectivity index (χ2n) is 4.67. The Morgan fingerprint density at radius 1 is 1.33 bits per heavy atom. The topological polar surface area (TPSA) is 50.9 Å². The lowest BCUT2D eigenvalue weighted by molar-refractivity contribution is 0.522. The average Bonchev–Trinajstić information content (AvgIpc) is 2.37. The number of nitrogens with two attached hydrogens (primary N) is 1. The quantitative estimate of drug-likeness (QED) is 0.890. The first-order valence-electron chi connectivity index (χ1n) is 6.12. The van der Waals surface area contributed by atoms with Crippen molar-refractivity contribution in [2.24, 2.45) is 11.7 Å². The Morgan fingerprint density at radius 3 is 2.83 bits per heavy atom. The summed E-state index contributed by atoms with van der Waals surface area (Å²) in [7, 11) is 0. The second-order valence-corrected chi connectivity index (χ2v) is 5.10. The normalized spacial score (nSPS) is 14.4. The van der Waals surface area contributed by atoms with Crippen LogP contribution in [0.25, 0.3) is 10.9 Å². The van der Waals surface area contributed by atoms with Crippen LogP contribution in [0, 0.1) is 5.92 Å². The molecule has 96 valence electrons. The van der Waals surface area contributed by atoms with E-state index in [0.717, 1.165) is 16.6 Å². The van der Waals surface area contributed by atoms with E-state index < -0.39 is 0 Å². The molecule has 2 unspecified atom stereocenters. The van der Waals surface area contributed by atoms with Gasteiger partial charge in [0.05, 0.1) is 5.52 Å². The lowest BCUT2D eigenvalue weighted by Gasteiger charge is -2.21. The number of pyridine rings is 1. The SMILES string of the molecule is CC(CN)C(C)Nc1ccnc2cc(Cl)ccc12. The maximum Gasteiger partial charge on any atom is 0.0737 e. The Hall–Kier alpha value is -1.32. The highest BCUT2D eigenvalue weighted by Gasteiger charge is 2.11. The van der Waals surface area contributed by atoms with Crippen LogP contribution in [0.3, 0.4) is 0 Å². The third-order valence-corrected chi connectivity index (χ3v) is 3.55. The van der Waals surface area contributed by atoms with E-state index in [1.54, 1.807) is 6.20 Å². The Balaban J connectivity index is 2.33. The van der Waals surface area contributed by atoms with Crippen molar-refractivity contribution in [3.8, 4) is 0 Å². The predicted octanol–water partition coefficient (Wildman–Crippen LogP) is 3.28. The lowest BCUT2D eigenvalue weighted by Crippen LogP contribution is -2.29. The molecule has 1 aromatic heterocycles. The molecule has 2 rings (SSSR count). The van der Waals surface area contributed by atoms with Crippen molar-refractivity contribution < 1.29 is 0 Å². The molecule has 0 fully saturated rings. The molecule has 1 heterocycles. The van der Waals surface area contributed by atoms with E-state index in [0.29, 0.717) is 23.5 Å². The number of aromatic nitrogens is 1. The molecule has 1 aromatic carbocycles. The van der Waals surface area contributed by atoms with Gasteiger partial charge in [0.15, 0.2) is 0 Å². The Bertz CT molecular complexity index is 542. The van der Waals surface area contributed by atoms with Gasteiger partial charge in [-0.1, -0.05) is 18.5 Å². The molecule has 0 bridgehead atoms. The zero-order chi connectivity index (χ0) is 13.1. The molecule has 0 amide bonds. The number of rotatable bonds is 4. The van der Waals surface area contributed by atoms with Gasteiger partial charge in [0, 0.05) is 28.3 Å². The number of fused-ring (bicyclic) bond motifs is 1. The van der Waals surface area contributed by atoms with Gasteiger partial charge < -0.3 is 11.1 Å². The fraction of sp³-hybridized carbons (Fsp3) is 0.357. The number of hydrogen-bond acceptors (Lipinski definition) is 3. The number of nitrogens with zero attached hydrogens (tertiary/aromatic N) is 1. The third-order valence-electron chi connectivity index (χ3n) is 3.31. The van der Waals surface area contributed by atoms with Crippen LogP contribution in [-0.2, 0) is 0 Å². The first kappa shape index (κ1) is 13.1. The molecule has 0 radical (unpaired) electrons. The highest BCUT2D eigenvalue weighted by molar-refractivity contribution is 6.31. The highest BCUT2D eigenvalue weighted by Crippen LogP contribution is 2.25. The molecule has 0 aliphatic rings. The first-order valence-corrected chi connectivity index (χ1v) is 6.50. The van der Waals surface area contributed by atoms with Gasteiger partial charge in [-0.2, -0.15) is 0 Å². The third kappa shape index (κ3) is 2.74. The molecule has 0 saturated heterocycles. The van der Waals surface area contributed by atoms with Crippen LogP contribution in [0.4, 0.5) is 5.69 Å². The summed E-state index contributed by atoms with van der Waals surface area (Å²) in [5, 5.41) is 5.28. The summed E-state index contributed by atoms with van der Waals surface area (Å²) in [6.07, 6.45) is 1.79. The van der Waals surface area contributed by atoms with Crippen LogP contribution in [0.2, 0.25) is 5.02 Å². The molecule has 2 aromatic rings. The molecule has 0 aliphatic carbocycles. The van der Waals surface area contributed by atoms with Crippen molar-refractivity contribution in [2.75, 3.05) is 11.9 Å². The number of hydrogen-bond donors (Lipinski definition) is 2. The molecule has 3 N–H and O–H groups in total. The standard InChI is InChI=1S/C14H18ClN3/c1-9(8-16)10(2)18-13-5-6-17-14-7-11(15)3-4-12(13)14/h3-7,9-10H,8,16H2,1-2H3,(H,17,18). The predicted molar refractivity (Wildman–Crippen MR) is 78.1 cm³/mol. The van der Waals surface area contributed by atoms with E-state index in [2.05, 4.69) is 24.1 Å².